The maximum atomic E-state index is 4.37. The minimum atomic E-state index is 1.03. The van der Waals surface area contributed by atoms with Crippen molar-refractivity contribution in [3.05, 3.63) is 36.8 Å². The van der Waals surface area contributed by atoms with E-state index in [0.29, 0.717) is 0 Å². The molecule has 0 aliphatic rings. The molecular formula is C15H21N3. The quantitative estimate of drug-likeness (QED) is 0.593. The molecule has 0 N–H and O–H groups in total. The van der Waals surface area contributed by atoms with Gasteiger partial charge in [0.2, 0.25) is 0 Å². The maximum absolute atomic E-state index is 4.37. The second-order valence-corrected chi connectivity index (χ2v) is 3.32. The van der Waals surface area contributed by atoms with Gasteiger partial charge in [0.05, 0.1) is 16.6 Å². The summed E-state index contributed by atoms with van der Waals surface area (Å²) in [6.45, 7) is 8.00. The highest BCUT2D eigenvalue weighted by atomic mass is 15.0. The number of rotatable bonds is 0. The summed E-state index contributed by atoms with van der Waals surface area (Å²) < 4.78 is 2.14. The molecule has 0 fully saturated rings. The fraction of sp³-hybridized carbons (Fsp3) is 0.333. The molecule has 18 heavy (non-hydrogen) atoms. The third kappa shape index (κ3) is 2.35. The largest absolute Gasteiger partial charge is 0.342 e. The number of hydrogen-bond acceptors (Lipinski definition) is 2. The molecule has 3 aromatic heterocycles. The number of nitrogens with zero attached hydrogens (tertiary/aromatic N) is 3. The standard InChI is InChI=1S/C11H9N3.2C2H6/c1-14-9-4-6-12-7-8(9)11-10(14)3-2-5-13-11;2*1-2/h2-7H,1H3;2*1-2H3. The minimum absolute atomic E-state index is 1.03. The van der Waals surface area contributed by atoms with Crippen LogP contribution in [0.25, 0.3) is 21.9 Å². The molecule has 3 heteroatoms. The molecule has 3 rings (SSSR count). The summed E-state index contributed by atoms with van der Waals surface area (Å²) in [5.74, 6) is 0. The Bertz CT molecular complexity index is 558. The van der Waals surface area contributed by atoms with Crippen molar-refractivity contribution in [2.45, 2.75) is 27.7 Å². The maximum Gasteiger partial charge on any atom is 0.0975 e. The summed E-state index contributed by atoms with van der Waals surface area (Å²) >= 11 is 0. The van der Waals surface area contributed by atoms with E-state index in [1.54, 1.807) is 6.20 Å². The van der Waals surface area contributed by atoms with Gasteiger partial charge in [-0.1, -0.05) is 27.7 Å². The predicted octanol–water partition coefficient (Wildman–Crippen LogP) is 4.17. The minimum Gasteiger partial charge on any atom is -0.342 e. The first-order chi connectivity index (χ1) is 8.88. The Morgan fingerprint density at radius 3 is 2.39 bits per heavy atom. The lowest BCUT2D eigenvalue weighted by atomic mass is 10.3. The topological polar surface area (TPSA) is 30.7 Å². The molecule has 0 radical (unpaired) electrons. The summed E-state index contributed by atoms with van der Waals surface area (Å²) in [7, 11) is 2.05. The van der Waals surface area contributed by atoms with Crippen LogP contribution >= 0.6 is 0 Å². The van der Waals surface area contributed by atoms with Gasteiger partial charge in [0, 0.05) is 31.0 Å². The van der Waals surface area contributed by atoms with Gasteiger partial charge in [-0.2, -0.15) is 0 Å². The third-order valence-corrected chi connectivity index (χ3v) is 2.56. The van der Waals surface area contributed by atoms with Crippen LogP contribution in [0.4, 0.5) is 0 Å². The first kappa shape index (κ1) is 14.2. The average molecular weight is 243 g/mol. The van der Waals surface area contributed by atoms with Crippen molar-refractivity contribution in [1.29, 1.82) is 0 Å². The lowest BCUT2D eigenvalue weighted by Crippen LogP contribution is -1.85. The molecule has 0 amide bonds. The summed E-state index contributed by atoms with van der Waals surface area (Å²) in [5.41, 5.74) is 3.35. The van der Waals surface area contributed by atoms with Gasteiger partial charge in [0.25, 0.3) is 0 Å². The SMILES string of the molecule is CC.CC.Cn1c2ccncc2c2ncccc21. The van der Waals surface area contributed by atoms with Gasteiger partial charge in [-0.15, -0.1) is 0 Å². The second-order valence-electron chi connectivity index (χ2n) is 3.32. The van der Waals surface area contributed by atoms with Crippen molar-refractivity contribution < 1.29 is 0 Å². The molecule has 3 aromatic rings. The van der Waals surface area contributed by atoms with Crippen LogP contribution in [-0.4, -0.2) is 14.5 Å². The van der Waals surface area contributed by atoms with Crippen molar-refractivity contribution in [1.82, 2.24) is 14.5 Å². The zero-order chi connectivity index (χ0) is 13.5. The van der Waals surface area contributed by atoms with E-state index in [0.717, 1.165) is 16.4 Å². The fourth-order valence-electron chi connectivity index (χ4n) is 1.87. The van der Waals surface area contributed by atoms with Crippen molar-refractivity contribution in [2.24, 2.45) is 7.05 Å². The van der Waals surface area contributed by atoms with E-state index < -0.39 is 0 Å². The highest BCUT2D eigenvalue weighted by molar-refractivity contribution is 6.04. The normalized spacial score (nSPS) is 9.39. The molecule has 0 saturated carbocycles. The Labute approximate surface area is 108 Å². The van der Waals surface area contributed by atoms with E-state index in [-0.39, 0.29) is 0 Å². The lowest BCUT2D eigenvalue weighted by Gasteiger charge is -1.94. The van der Waals surface area contributed by atoms with Gasteiger partial charge in [-0.3, -0.25) is 9.97 Å². The summed E-state index contributed by atoms with van der Waals surface area (Å²) in [5, 5.41) is 1.12. The summed E-state index contributed by atoms with van der Waals surface area (Å²) in [6.07, 6.45) is 5.49. The van der Waals surface area contributed by atoms with Gasteiger partial charge in [-0.25, -0.2) is 0 Å². The van der Waals surface area contributed by atoms with E-state index >= 15 is 0 Å². The van der Waals surface area contributed by atoms with Gasteiger partial charge < -0.3 is 4.57 Å². The average Bonchev–Trinajstić information content (AvgIpc) is 2.78. The molecule has 0 aliphatic heterocycles. The molecule has 96 valence electrons. The molecule has 0 spiro atoms. The van der Waals surface area contributed by atoms with Crippen LogP contribution < -0.4 is 0 Å². The highest BCUT2D eigenvalue weighted by Gasteiger charge is 2.06. The van der Waals surface area contributed by atoms with Crippen LogP contribution in [0, 0.1) is 0 Å². The predicted molar refractivity (Wildman–Crippen MR) is 78.7 cm³/mol. The molecule has 0 atom stereocenters. The number of fused-ring (bicyclic) bond motifs is 3. The molecule has 0 aliphatic carbocycles. The molecule has 3 heterocycles. The van der Waals surface area contributed by atoms with Gasteiger partial charge >= 0.3 is 0 Å². The van der Waals surface area contributed by atoms with Crippen molar-refractivity contribution >= 4 is 21.9 Å². The Kier molecular flexibility index (Phi) is 5.31. The molecule has 0 unspecified atom stereocenters. The summed E-state index contributed by atoms with van der Waals surface area (Å²) in [4.78, 5) is 8.49. The molecule has 0 bridgehead atoms. The van der Waals surface area contributed by atoms with Crippen LogP contribution in [0.15, 0.2) is 36.8 Å². The Balaban J connectivity index is 0.000000371. The molecule has 0 saturated heterocycles. The van der Waals surface area contributed by atoms with Crippen LogP contribution in [0.3, 0.4) is 0 Å². The van der Waals surface area contributed by atoms with Crippen molar-refractivity contribution in [3.8, 4) is 0 Å². The molecular weight excluding hydrogens is 222 g/mol. The van der Waals surface area contributed by atoms with Gasteiger partial charge in [-0.05, 0) is 18.2 Å². The summed E-state index contributed by atoms with van der Waals surface area (Å²) in [6, 6.07) is 6.04. The van der Waals surface area contributed by atoms with Crippen LogP contribution in [0.2, 0.25) is 0 Å². The third-order valence-electron chi connectivity index (χ3n) is 2.56. The van der Waals surface area contributed by atoms with Crippen molar-refractivity contribution in [2.75, 3.05) is 0 Å². The molecule has 0 aromatic carbocycles. The Morgan fingerprint density at radius 2 is 1.67 bits per heavy atom. The Morgan fingerprint density at radius 1 is 0.944 bits per heavy atom. The number of pyridine rings is 2. The van der Waals surface area contributed by atoms with Gasteiger partial charge in [0.1, 0.15) is 0 Å². The molecule has 3 nitrogen and oxygen atoms in total. The monoisotopic (exact) mass is 243 g/mol. The first-order valence-electron chi connectivity index (χ1n) is 6.51. The lowest BCUT2D eigenvalue weighted by molar-refractivity contribution is 1.01. The number of hydrogen-bond donors (Lipinski definition) is 0. The first-order valence-corrected chi connectivity index (χ1v) is 6.51. The van der Waals surface area contributed by atoms with E-state index in [1.165, 1.54) is 5.52 Å². The van der Waals surface area contributed by atoms with E-state index in [2.05, 4.69) is 20.6 Å². The van der Waals surface area contributed by atoms with E-state index in [9.17, 15) is 0 Å². The second kappa shape index (κ2) is 6.74. The number of aromatic nitrogens is 3. The van der Waals surface area contributed by atoms with Crippen LogP contribution in [-0.2, 0) is 7.05 Å². The zero-order valence-corrected chi connectivity index (χ0v) is 11.8. The Hall–Kier alpha value is -1.90. The van der Waals surface area contributed by atoms with Crippen molar-refractivity contribution in [3.63, 3.8) is 0 Å². The number of aryl methyl sites for hydroxylation is 1. The van der Waals surface area contributed by atoms with Crippen LogP contribution in [0.1, 0.15) is 27.7 Å². The zero-order valence-electron chi connectivity index (χ0n) is 11.8. The highest BCUT2D eigenvalue weighted by Crippen LogP contribution is 2.24. The van der Waals surface area contributed by atoms with Crippen LogP contribution in [0.5, 0.6) is 0 Å². The smallest absolute Gasteiger partial charge is 0.0975 e. The van der Waals surface area contributed by atoms with Gasteiger partial charge in [0.15, 0.2) is 0 Å². The van der Waals surface area contributed by atoms with E-state index in [4.69, 9.17) is 0 Å². The van der Waals surface area contributed by atoms with E-state index in [1.807, 2.05) is 59.3 Å². The fourth-order valence-corrected chi connectivity index (χ4v) is 1.87.